The smallest absolute Gasteiger partial charge is 0.337 e. The fraction of sp³-hybridized carbons (Fsp3) is 0.192. The highest BCUT2D eigenvalue weighted by molar-refractivity contribution is 5.94. The van der Waals surface area contributed by atoms with Gasteiger partial charge in [-0.05, 0) is 30.2 Å². The average molecular weight is 476 g/mol. The number of esters is 1. The minimum Gasteiger partial charge on any atom is -0.493 e. The number of methoxy groups -OCH3 is 1. The summed E-state index contributed by atoms with van der Waals surface area (Å²) in [5.41, 5.74) is 1.16. The molecule has 0 aliphatic carbocycles. The van der Waals surface area contributed by atoms with Crippen LogP contribution in [0.2, 0.25) is 0 Å². The van der Waals surface area contributed by atoms with Crippen LogP contribution in [0.15, 0.2) is 82.0 Å². The third kappa shape index (κ3) is 4.89. The standard InChI is InChI=1S/C26H25N3O6/c1-4-12-34-25(31)20-15(2)27-23-22(24(30)29-26(32)28-23)21(20)17-10-11-18(19(13-17)33-3)35-14-16-8-6-5-7-9-16/h4-11,13,21H,1,12,14H2,2-3H3,(H3,27,28,29,30,32)/t21-/m1/s1. The van der Waals surface area contributed by atoms with Crippen LogP contribution < -0.4 is 26.0 Å². The number of aromatic amines is 2. The van der Waals surface area contributed by atoms with Crippen LogP contribution in [-0.4, -0.2) is 29.7 Å². The molecule has 3 aromatic rings. The first kappa shape index (κ1) is 23.6. The van der Waals surface area contributed by atoms with Crippen LogP contribution in [0.1, 0.15) is 29.5 Å². The van der Waals surface area contributed by atoms with Crippen LogP contribution >= 0.6 is 0 Å². The fourth-order valence-corrected chi connectivity index (χ4v) is 4.02. The van der Waals surface area contributed by atoms with Gasteiger partial charge < -0.3 is 19.5 Å². The number of rotatable bonds is 8. The quantitative estimate of drug-likeness (QED) is 0.338. The first-order valence-electron chi connectivity index (χ1n) is 10.9. The Hall–Kier alpha value is -4.53. The lowest BCUT2D eigenvalue weighted by Crippen LogP contribution is -2.35. The van der Waals surface area contributed by atoms with Gasteiger partial charge in [0.25, 0.3) is 5.56 Å². The maximum atomic E-state index is 13.0. The van der Waals surface area contributed by atoms with Crippen LogP contribution in [-0.2, 0) is 16.1 Å². The van der Waals surface area contributed by atoms with Crippen molar-refractivity contribution in [2.75, 3.05) is 19.0 Å². The number of H-pyrrole nitrogens is 2. The monoisotopic (exact) mass is 475 g/mol. The van der Waals surface area contributed by atoms with Gasteiger partial charge in [-0.15, -0.1) is 0 Å². The van der Waals surface area contributed by atoms with E-state index in [-0.39, 0.29) is 23.6 Å². The molecule has 0 unspecified atom stereocenters. The van der Waals surface area contributed by atoms with Gasteiger partial charge in [0, 0.05) is 5.70 Å². The summed E-state index contributed by atoms with van der Waals surface area (Å²) >= 11 is 0. The number of carbonyl (C=O) groups is 1. The summed E-state index contributed by atoms with van der Waals surface area (Å²) in [7, 11) is 1.51. The van der Waals surface area contributed by atoms with Gasteiger partial charge in [-0.25, -0.2) is 9.59 Å². The van der Waals surface area contributed by atoms with Crippen molar-refractivity contribution in [1.82, 2.24) is 9.97 Å². The van der Waals surface area contributed by atoms with Crippen molar-refractivity contribution >= 4 is 11.8 Å². The number of allylic oxidation sites excluding steroid dienone is 1. The van der Waals surface area contributed by atoms with Gasteiger partial charge in [0.05, 0.1) is 24.2 Å². The Morgan fingerprint density at radius 3 is 2.57 bits per heavy atom. The maximum absolute atomic E-state index is 13.0. The third-order valence-electron chi connectivity index (χ3n) is 5.58. The number of anilines is 1. The van der Waals surface area contributed by atoms with E-state index in [0.29, 0.717) is 29.4 Å². The molecule has 1 atom stereocenters. The van der Waals surface area contributed by atoms with Crippen molar-refractivity contribution in [3.05, 3.63) is 110 Å². The van der Waals surface area contributed by atoms with Gasteiger partial charge in [0.1, 0.15) is 19.0 Å². The Balaban J connectivity index is 1.79. The van der Waals surface area contributed by atoms with E-state index in [1.54, 1.807) is 25.1 Å². The maximum Gasteiger partial charge on any atom is 0.337 e. The minimum atomic E-state index is -0.832. The van der Waals surface area contributed by atoms with E-state index in [1.807, 2.05) is 30.3 Å². The van der Waals surface area contributed by atoms with E-state index in [9.17, 15) is 14.4 Å². The number of benzene rings is 2. The predicted octanol–water partition coefficient (Wildman–Crippen LogP) is 3.21. The fourth-order valence-electron chi connectivity index (χ4n) is 4.02. The van der Waals surface area contributed by atoms with Crippen molar-refractivity contribution < 1.29 is 19.0 Å². The van der Waals surface area contributed by atoms with Crippen molar-refractivity contribution in [1.29, 1.82) is 0 Å². The van der Waals surface area contributed by atoms with E-state index in [0.717, 1.165) is 5.56 Å². The molecule has 0 amide bonds. The Morgan fingerprint density at radius 1 is 1.09 bits per heavy atom. The van der Waals surface area contributed by atoms with Crippen LogP contribution in [0.4, 0.5) is 5.82 Å². The lowest BCUT2D eigenvalue weighted by atomic mass is 9.82. The predicted molar refractivity (Wildman–Crippen MR) is 131 cm³/mol. The van der Waals surface area contributed by atoms with Crippen molar-refractivity contribution in [3.63, 3.8) is 0 Å². The molecule has 2 heterocycles. The number of nitrogens with one attached hydrogen (secondary N) is 3. The number of ether oxygens (including phenoxy) is 3. The largest absolute Gasteiger partial charge is 0.493 e. The normalized spacial score (nSPS) is 14.5. The molecule has 1 aromatic heterocycles. The van der Waals surface area contributed by atoms with Gasteiger partial charge in [0.15, 0.2) is 11.5 Å². The highest BCUT2D eigenvalue weighted by atomic mass is 16.5. The van der Waals surface area contributed by atoms with Crippen LogP contribution in [0.3, 0.4) is 0 Å². The summed E-state index contributed by atoms with van der Waals surface area (Å²) in [4.78, 5) is 42.6. The zero-order valence-electron chi connectivity index (χ0n) is 19.3. The molecule has 0 spiro atoms. The number of fused-ring (bicyclic) bond motifs is 1. The van der Waals surface area contributed by atoms with Crippen molar-refractivity contribution in [2.45, 2.75) is 19.4 Å². The highest BCUT2D eigenvalue weighted by Crippen LogP contribution is 2.42. The van der Waals surface area contributed by atoms with Crippen molar-refractivity contribution in [3.8, 4) is 11.5 Å². The molecule has 0 bridgehead atoms. The molecule has 0 saturated carbocycles. The molecule has 3 N–H and O–H groups in total. The second-order valence-corrected chi connectivity index (χ2v) is 7.87. The van der Waals surface area contributed by atoms with Crippen LogP contribution in [0.25, 0.3) is 0 Å². The molecule has 1 aliphatic heterocycles. The van der Waals surface area contributed by atoms with E-state index >= 15 is 0 Å². The Kier molecular flexibility index (Phi) is 6.86. The summed E-state index contributed by atoms with van der Waals surface area (Å²) in [5.74, 6) is -0.303. The molecule has 9 nitrogen and oxygen atoms in total. The molecule has 9 heteroatoms. The molecule has 1 aliphatic rings. The van der Waals surface area contributed by atoms with Gasteiger partial charge in [-0.3, -0.25) is 14.8 Å². The summed E-state index contributed by atoms with van der Waals surface area (Å²) in [5, 5.41) is 2.95. The molecule has 4 rings (SSSR count). The zero-order valence-corrected chi connectivity index (χ0v) is 19.3. The number of carbonyl (C=O) groups excluding carboxylic acids is 1. The van der Waals surface area contributed by atoms with E-state index in [2.05, 4.69) is 21.9 Å². The molecule has 0 radical (unpaired) electrons. The Bertz CT molecular complexity index is 1400. The molecule has 180 valence electrons. The van der Waals surface area contributed by atoms with Gasteiger partial charge in [-0.2, -0.15) is 0 Å². The second kappa shape index (κ2) is 10.2. The van der Waals surface area contributed by atoms with E-state index in [4.69, 9.17) is 14.2 Å². The first-order chi connectivity index (χ1) is 16.9. The lowest BCUT2D eigenvalue weighted by Gasteiger charge is -2.29. The van der Waals surface area contributed by atoms with Crippen LogP contribution in [0, 0.1) is 0 Å². The van der Waals surface area contributed by atoms with Gasteiger partial charge in [-0.1, -0.05) is 49.1 Å². The molecule has 2 aromatic carbocycles. The second-order valence-electron chi connectivity index (χ2n) is 7.87. The SMILES string of the molecule is C=CCOC(=O)C1=C(C)Nc2[nH]c(=O)[nH]c(=O)c2[C@@H]1c1ccc(OCc2ccccc2)c(OC)c1. The number of aromatic nitrogens is 2. The minimum absolute atomic E-state index is 0.00670. The zero-order chi connectivity index (χ0) is 24.9. The first-order valence-corrected chi connectivity index (χ1v) is 10.9. The summed E-state index contributed by atoms with van der Waals surface area (Å²) in [6, 6.07) is 14.9. The summed E-state index contributed by atoms with van der Waals surface area (Å²) in [6.07, 6.45) is 1.46. The molecular formula is C26H25N3O6. The molecule has 0 saturated heterocycles. The van der Waals surface area contributed by atoms with Crippen LogP contribution in [0.5, 0.6) is 11.5 Å². The van der Waals surface area contributed by atoms with Gasteiger partial charge in [0.2, 0.25) is 0 Å². The summed E-state index contributed by atoms with van der Waals surface area (Å²) < 4.78 is 16.8. The number of hydrogen-bond acceptors (Lipinski definition) is 7. The molecule has 35 heavy (non-hydrogen) atoms. The van der Waals surface area contributed by atoms with E-state index in [1.165, 1.54) is 13.2 Å². The Labute approximate surface area is 201 Å². The number of hydrogen-bond donors (Lipinski definition) is 3. The third-order valence-corrected chi connectivity index (χ3v) is 5.58. The molecule has 0 fully saturated rings. The summed E-state index contributed by atoms with van der Waals surface area (Å²) in [6.45, 7) is 5.59. The van der Waals surface area contributed by atoms with Crippen molar-refractivity contribution in [2.24, 2.45) is 0 Å². The molecular weight excluding hydrogens is 450 g/mol. The Morgan fingerprint density at radius 2 is 1.86 bits per heavy atom. The topological polar surface area (TPSA) is 123 Å². The van der Waals surface area contributed by atoms with Gasteiger partial charge >= 0.3 is 11.7 Å². The van der Waals surface area contributed by atoms with E-state index < -0.39 is 23.1 Å². The average Bonchev–Trinajstić information content (AvgIpc) is 2.85. The lowest BCUT2D eigenvalue weighted by molar-refractivity contribution is -0.138. The highest BCUT2D eigenvalue weighted by Gasteiger charge is 2.36.